The van der Waals surface area contributed by atoms with E-state index >= 15 is 0 Å². The number of carboxylic acids is 1. The van der Waals surface area contributed by atoms with Gasteiger partial charge in [-0.3, -0.25) is 0 Å². The Bertz CT molecular complexity index is 533. The third-order valence-corrected chi connectivity index (χ3v) is 2.35. The molecule has 6 nitrogen and oxygen atoms in total. The van der Waals surface area contributed by atoms with Crippen molar-refractivity contribution in [2.75, 3.05) is 0 Å². The van der Waals surface area contributed by atoms with E-state index in [9.17, 15) is 18.4 Å². The van der Waals surface area contributed by atoms with Crippen LogP contribution in [-0.4, -0.2) is 28.7 Å². The highest BCUT2D eigenvalue weighted by atomic mass is 19.3. The number of carbonyl (C=O) groups excluding carboxylic acids is 1. The van der Waals surface area contributed by atoms with Crippen LogP contribution in [0.15, 0.2) is 16.5 Å². The SMILES string of the molecule is Cc1ccc(C(NC(=O)OC(C)(C)C)C(F)(F)C(=O)O)o1. The Kier molecular flexibility index (Phi) is 4.60. The zero-order valence-corrected chi connectivity index (χ0v) is 12.1. The average molecular weight is 305 g/mol. The molecule has 118 valence electrons. The molecule has 0 fully saturated rings. The molecule has 1 aromatic rings. The fourth-order valence-electron chi connectivity index (χ4n) is 1.50. The van der Waals surface area contributed by atoms with Gasteiger partial charge >= 0.3 is 18.0 Å². The zero-order chi connectivity index (χ0) is 16.4. The summed E-state index contributed by atoms with van der Waals surface area (Å²) in [6.07, 6.45) is -1.16. The van der Waals surface area contributed by atoms with E-state index in [1.165, 1.54) is 19.1 Å². The van der Waals surface area contributed by atoms with Crippen LogP contribution in [0, 0.1) is 6.92 Å². The minimum absolute atomic E-state index is 0.308. The normalized spacial score (nSPS) is 13.6. The van der Waals surface area contributed by atoms with E-state index in [0.717, 1.165) is 0 Å². The highest BCUT2D eigenvalue weighted by Crippen LogP contribution is 2.33. The quantitative estimate of drug-likeness (QED) is 0.893. The van der Waals surface area contributed by atoms with Gasteiger partial charge in [0.15, 0.2) is 6.04 Å². The molecule has 1 heterocycles. The molecule has 1 unspecified atom stereocenters. The number of halogens is 2. The molecule has 1 atom stereocenters. The van der Waals surface area contributed by atoms with Crippen molar-refractivity contribution < 1.29 is 32.6 Å². The fourth-order valence-corrected chi connectivity index (χ4v) is 1.50. The van der Waals surface area contributed by atoms with Gasteiger partial charge < -0.3 is 19.6 Å². The molecular formula is C13H17F2NO5. The number of aryl methyl sites for hydroxylation is 1. The van der Waals surface area contributed by atoms with Gasteiger partial charge in [0.1, 0.15) is 17.1 Å². The number of nitrogens with one attached hydrogen (secondary N) is 1. The standard InChI is InChI=1S/C13H17F2NO5/c1-7-5-6-8(20-7)9(13(14,15)10(17)18)16-11(19)21-12(2,3)4/h5-6,9H,1-4H3,(H,16,19)(H,17,18). The van der Waals surface area contributed by atoms with Crippen LogP contribution in [0.2, 0.25) is 0 Å². The first-order valence-electron chi connectivity index (χ1n) is 6.10. The summed E-state index contributed by atoms with van der Waals surface area (Å²) in [6.45, 7) is 6.16. The van der Waals surface area contributed by atoms with Gasteiger partial charge in [-0.1, -0.05) is 0 Å². The van der Waals surface area contributed by atoms with Crippen molar-refractivity contribution in [1.29, 1.82) is 0 Å². The van der Waals surface area contributed by atoms with Crippen LogP contribution in [0.25, 0.3) is 0 Å². The van der Waals surface area contributed by atoms with Crippen LogP contribution >= 0.6 is 0 Å². The first-order valence-corrected chi connectivity index (χ1v) is 6.10. The van der Waals surface area contributed by atoms with Crippen molar-refractivity contribution in [3.8, 4) is 0 Å². The molecule has 0 aliphatic heterocycles. The Morgan fingerprint density at radius 1 is 1.33 bits per heavy atom. The lowest BCUT2D eigenvalue weighted by atomic mass is 10.1. The van der Waals surface area contributed by atoms with Crippen molar-refractivity contribution >= 4 is 12.1 Å². The number of aliphatic carboxylic acids is 1. The Labute approximate surface area is 120 Å². The molecule has 0 aliphatic carbocycles. The molecule has 0 aromatic carbocycles. The third-order valence-electron chi connectivity index (χ3n) is 2.35. The van der Waals surface area contributed by atoms with Gasteiger partial charge in [-0.25, -0.2) is 9.59 Å². The number of hydrogen-bond donors (Lipinski definition) is 2. The summed E-state index contributed by atoms with van der Waals surface area (Å²) in [5, 5.41) is 10.5. The Morgan fingerprint density at radius 2 is 1.90 bits per heavy atom. The molecule has 0 saturated carbocycles. The van der Waals surface area contributed by atoms with Crippen molar-refractivity contribution in [2.24, 2.45) is 0 Å². The van der Waals surface area contributed by atoms with Gasteiger partial charge in [0.2, 0.25) is 0 Å². The topological polar surface area (TPSA) is 88.8 Å². The van der Waals surface area contributed by atoms with Crippen LogP contribution in [-0.2, 0) is 9.53 Å². The van der Waals surface area contributed by atoms with Crippen LogP contribution in [0.4, 0.5) is 13.6 Å². The molecule has 0 spiro atoms. The van der Waals surface area contributed by atoms with Gasteiger partial charge in [-0.05, 0) is 39.8 Å². The lowest BCUT2D eigenvalue weighted by Gasteiger charge is -2.25. The molecule has 2 N–H and O–H groups in total. The molecule has 0 bridgehead atoms. The maximum Gasteiger partial charge on any atom is 0.408 e. The predicted octanol–water partition coefficient (Wildman–Crippen LogP) is 2.87. The van der Waals surface area contributed by atoms with E-state index in [-0.39, 0.29) is 5.76 Å². The Balaban J connectivity index is 3.04. The second-order valence-electron chi connectivity index (χ2n) is 5.46. The minimum atomic E-state index is -4.25. The number of ether oxygens (including phenoxy) is 1. The van der Waals surface area contributed by atoms with E-state index in [2.05, 4.69) is 0 Å². The Morgan fingerprint density at radius 3 is 2.29 bits per heavy atom. The van der Waals surface area contributed by atoms with E-state index < -0.39 is 29.6 Å². The first kappa shape index (κ1) is 16.9. The number of alkyl carbamates (subject to hydrolysis) is 1. The van der Waals surface area contributed by atoms with Gasteiger partial charge in [-0.15, -0.1) is 0 Å². The van der Waals surface area contributed by atoms with Gasteiger partial charge in [-0.2, -0.15) is 8.78 Å². The molecule has 21 heavy (non-hydrogen) atoms. The summed E-state index contributed by atoms with van der Waals surface area (Å²) in [5.74, 6) is -6.69. The summed E-state index contributed by atoms with van der Waals surface area (Å²) in [4.78, 5) is 22.3. The monoisotopic (exact) mass is 305 g/mol. The highest BCUT2D eigenvalue weighted by Gasteiger charge is 2.51. The lowest BCUT2D eigenvalue weighted by Crippen LogP contribution is -2.46. The van der Waals surface area contributed by atoms with E-state index in [1.54, 1.807) is 20.8 Å². The summed E-state index contributed by atoms with van der Waals surface area (Å²) < 4.78 is 37.4. The number of amides is 1. The Hall–Kier alpha value is -2.12. The molecular weight excluding hydrogens is 288 g/mol. The van der Waals surface area contributed by atoms with Crippen molar-refractivity contribution in [1.82, 2.24) is 5.32 Å². The molecule has 0 radical (unpaired) electrons. The second kappa shape index (κ2) is 5.71. The van der Waals surface area contributed by atoms with Crippen LogP contribution < -0.4 is 5.32 Å². The smallest absolute Gasteiger partial charge is 0.408 e. The van der Waals surface area contributed by atoms with Crippen molar-refractivity contribution in [3.05, 3.63) is 23.7 Å². The van der Waals surface area contributed by atoms with E-state index in [0.29, 0.717) is 5.76 Å². The molecule has 1 aromatic heterocycles. The predicted molar refractivity (Wildman–Crippen MR) is 68.1 cm³/mol. The van der Waals surface area contributed by atoms with E-state index in [1.807, 2.05) is 5.32 Å². The molecule has 0 saturated heterocycles. The van der Waals surface area contributed by atoms with Crippen LogP contribution in [0.5, 0.6) is 0 Å². The summed E-state index contributed by atoms with van der Waals surface area (Å²) in [6, 6.07) is 0.393. The third kappa shape index (κ3) is 4.44. The average Bonchev–Trinajstić information content (AvgIpc) is 2.69. The number of rotatable bonds is 4. The maximum absolute atomic E-state index is 13.8. The number of carbonyl (C=O) groups is 2. The molecule has 0 aliphatic rings. The zero-order valence-electron chi connectivity index (χ0n) is 12.1. The summed E-state index contributed by atoms with van der Waals surface area (Å²) >= 11 is 0. The fraction of sp³-hybridized carbons (Fsp3) is 0.538. The number of hydrogen-bond acceptors (Lipinski definition) is 4. The number of carboxylic acid groups (broad SMARTS) is 1. The molecule has 1 amide bonds. The maximum atomic E-state index is 13.8. The van der Waals surface area contributed by atoms with Crippen LogP contribution in [0.1, 0.15) is 38.3 Å². The molecule has 1 rings (SSSR count). The van der Waals surface area contributed by atoms with Gasteiger partial charge in [0, 0.05) is 0 Å². The second-order valence-corrected chi connectivity index (χ2v) is 5.46. The van der Waals surface area contributed by atoms with Gasteiger partial charge in [0.05, 0.1) is 0 Å². The summed E-state index contributed by atoms with van der Waals surface area (Å²) in [5.41, 5.74) is -0.910. The van der Waals surface area contributed by atoms with Gasteiger partial charge in [0.25, 0.3) is 0 Å². The number of alkyl halides is 2. The molecule has 8 heteroatoms. The highest BCUT2D eigenvalue weighted by molar-refractivity contribution is 5.78. The lowest BCUT2D eigenvalue weighted by molar-refractivity contribution is -0.170. The number of furan rings is 1. The van der Waals surface area contributed by atoms with Crippen molar-refractivity contribution in [3.63, 3.8) is 0 Å². The van der Waals surface area contributed by atoms with Crippen LogP contribution in [0.3, 0.4) is 0 Å². The van der Waals surface area contributed by atoms with Crippen molar-refractivity contribution in [2.45, 2.75) is 45.3 Å². The van der Waals surface area contributed by atoms with E-state index in [4.69, 9.17) is 14.3 Å². The summed E-state index contributed by atoms with van der Waals surface area (Å²) in [7, 11) is 0. The first-order chi connectivity index (χ1) is 9.43. The largest absolute Gasteiger partial charge is 0.477 e. The minimum Gasteiger partial charge on any atom is -0.477 e.